The zero-order valence-electron chi connectivity index (χ0n) is 13.5. The molecule has 1 saturated heterocycles. The van der Waals surface area contributed by atoms with Gasteiger partial charge in [0.05, 0.1) is 6.04 Å². The minimum atomic E-state index is 0.345. The van der Waals surface area contributed by atoms with Gasteiger partial charge in [-0.2, -0.15) is 0 Å². The van der Waals surface area contributed by atoms with Crippen molar-refractivity contribution in [2.75, 3.05) is 13.1 Å². The average Bonchev–Trinajstić information content (AvgIpc) is 2.99. The number of H-pyrrole nitrogens is 1. The van der Waals surface area contributed by atoms with E-state index in [-0.39, 0.29) is 0 Å². The molecule has 3 atom stereocenters. The third-order valence-corrected chi connectivity index (χ3v) is 6.95. The first-order chi connectivity index (χ1) is 10.6. The molecule has 3 aliphatic rings. The smallest absolute Gasteiger partial charge is 0.0564 e. The predicted octanol–water partition coefficient (Wildman–Crippen LogP) is 4.44. The Labute approximate surface area is 132 Å². The van der Waals surface area contributed by atoms with Gasteiger partial charge in [0, 0.05) is 29.7 Å². The quantitative estimate of drug-likeness (QED) is 0.711. The molecule has 0 saturated carbocycles. The van der Waals surface area contributed by atoms with E-state index in [1.807, 2.05) is 0 Å². The van der Waals surface area contributed by atoms with Crippen molar-refractivity contribution in [3.63, 3.8) is 0 Å². The van der Waals surface area contributed by atoms with Crippen molar-refractivity contribution in [3.8, 4) is 0 Å². The van der Waals surface area contributed by atoms with Gasteiger partial charge in [-0.1, -0.05) is 44.2 Å². The number of nitrogens with one attached hydrogen (secondary N) is 1. The van der Waals surface area contributed by atoms with Crippen molar-refractivity contribution in [1.82, 2.24) is 9.88 Å². The molecule has 22 heavy (non-hydrogen) atoms. The fourth-order valence-corrected chi connectivity index (χ4v) is 5.47. The molecule has 1 N–H and O–H groups in total. The van der Waals surface area contributed by atoms with E-state index < -0.39 is 0 Å². The maximum Gasteiger partial charge on any atom is 0.0564 e. The van der Waals surface area contributed by atoms with Crippen molar-refractivity contribution in [2.24, 2.45) is 10.8 Å². The van der Waals surface area contributed by atoms with Crippen LogP contribution in [-0.4, -0.2) is 23.0 Å². The summed E-state index contributed by atoms with van der Waals surface area (Å²) in [7, 11) is 0. The normalized spacial score (nSPS) is 37.1. The van der Waals surface area contributed by atoms with Crippen LogP contribution in [0.4, 0.5) is 0 Å². The maximum absolute atomic E-state index is 3.80. The van der Waals surface area contributed by atoms with Gasteiger partial charge in [0.15, 0.2) is 0 Å². The highest BCUT2D eigenvalue weighted by atomic mass is 15.2. The highest BCUT2D eigenvalue weighted by Crippen LogP contribution is 2.63. The van der Waals surface area contributed by atoms with Crippen molar-refractivity contribution in [1.29, 1.82) is 0 Å². The van der Waals surface area contributed by atoms with Crippen LogP contribution in [0.2, 0.25) is 0 Å². The topological polar surface area (TPSA) is 19.0 Å². The number of benzene rings is 1. The highest BCUT2D eigenvalue weighted by Gasteiger charge is 2.59. The van der Waals surface area contributed by atoms with Crippen molar-refractivity contribution in [2.45, 2.75) is 39.2 Å². The SMILES string of the molecule is C[C@@]12CC=CC[C@@]1(C)[C@@H]1c3[nH]c4ccccc4c3CCN1C2. The lowest BCUT2D eigenvalue weighted by atomic mass is 9.58. The van der Waals surface area contributed by atoms with Crippen LogP contribution in [0.15, 0.2) is 36.4 Å². The number of fused-ring (bicyclic) bond motifs is 7. The second-order valence-electron chi connectivity index (χ2n) is 8.04. The van der Waals surface area contributed by atoms with Gasteiger partial charge in [0.1, 0.15) is 0 Å². The molecule has 1 aliphatic carbocycles. The van der Waals surface area contributed by atoms with Gasteiger partial charge in [-0.05, 0) is 41.7 Å². The second-order valence-corrected chi connectivity index (χ2v) is 8.04. The number of rotatable bonds is 0. The molecule has 3 heterocycles. The Balaban J connectivity index is 1.74. The van der Waals surface area contributed by atoms with Gasteiger partial charge >= 0.3 is 0 Å². The van der Waals surface area contributed by atoms with Crippen LogP contribution >= 0.6 is 0 Å². The van der Waals surface area contributed by atoms with Gasteiger partial charge in [-0.3, -0.25) is 4.90 Å². The Morgan fingerprint density at radius 2 is 1.95 bits per heavy atom. The lowest BCUT2D eigenvalue weighted by Crippen LogP contribution is -2.40. The van der Waals surface area contributed by atoms with Gasteiger partial charge in [-0.25, -0.2) is 0 Å². The molecule has 0 radical (unpaired) electrons. The Morgan fingerprint density at radius 3 is 2.86 bits per heavy atom. The number of hydrogen-bond acceptors (Lipinski definition) is 1. The fraction of sp³-hybridized carbons (Fsp3) is 0.500. The summed E-state index contributed by atoms with van der Waals surface area (Å²) in [6.45, 7) is 7.50. The number of para-hydroxylation sites is 1. The molecule has 0 spiro atoms. The molecule has 2 aromatic rings. The molecular weight excluding hydrogens is 268 g/mol. The number of aromatic nitrogens is 1. The molecule has 0 bridgehead atoms. The lowest BCUT2D eigenvalue weighted by molar-refractivity contribution is 0.0856. The molecule has 114 valence electrons. The van der Waals surface area contributed by atoms with Crippen LogP contribution in [-0.2, 0) is 6.42 Å². The van der Waals surface area contributed by atoms with E-state index in [4.69, 9.17) is 0 Å². The van der Waals surface area contributed by atoms with E-state index in [1.165, 1.54) is 48.9 Å². The van der Waals surface area contributed by atoms with Gasteiger partial charge in [0.25, 0.3) is 0 Å². The first kappa shape index (κ1) is 13.0. The summed E-state index contributed by atoms with van der Waals surface area (Å²) in [5, 5.41) is 1.45. The third-order valence-electron chi connectivity index (χ3n) is 6.95. The Kier molecular flexibility index (Phi) is 2.38. The van der Waals surface area contributed by atoms with E-state index in [2.05, 4.69) is 60.1 Å². The van der Waals surface area contributed by atoms with E-state index in [0.29, 0.717) is 16.9 Å². The van der Waals surface area contributed by atoms with E-state index >= 15 is 0 Å². The lowest BCUT2D eigenvalue weighted by Gasteiger charge is -2.46. The molecular formula is C20H24N2. The van der Waals surface area contributed by atoms with Crippen molar-refractivity contribution in [3.05, 3.63) is 47.7 Å². The van der Waals surface area contributed by atoms with Gasteiger partial charge < -0.3 is 4.98 Å². The zero-order chi connectivity index (χ0) is 14.9. The average molecular weight is 292 g/mol. The molecule has 5 rings (SSSR count). The molecule has 0 amide bonds. The standard InChI is InChI=1S/C20H24N2/c1-19-10-5-6-11-20(19,2)18-17-15(9-12-22(18)13-19)14-7-3-4-8-16(14)21-17/h3-8,18,21H,9-13H2,1-2H3/t18-,19-,20-/m0/s1. The molecule has 1 aromatic heterocycles. The van der Waals surface area contributed by atoms with Crippen molar-refractivity contribution < 1.29 is 0 Å². The van der Waals surface area contributed by atoms with Gasteiger partial charge in [-0.15, -0.1) is 0 Å². The van der Waals surface area contributed by atoms with E-state index in [9.17, 15) is 0 Å². The van der Waals surface area contributed by atoms with Crippen LogP contribution < -0.4 is 0 Å². The summed E-state index contributed by atoms with van der Waals surface area (Å²) in [6, 6.07) is 9.39. The summed E-state index contributed by atoms with van der Waals surface area (Å²) in [4.78, 5) is 6.55. The summed E-state index contributed by atoms with van der Waals surface area (Å²) in [5.74, 6) is 0. The van der Waals surface area contributed by atoms with Crippen LogP contribution in [0.25, 0.3) is 10.9 Å². The predicted molar refractivity (Wildman–Crippen MR) is 90.9 cm³/mol. The number of hydrogen-bond donors (Lipinski definition) is 1. The number of nitrogens with zero attached hydrogens (tertiary/aromatic N) is 1. The largest absolute Gasteiger partial charge is 0.357 e. The zero-order valence-corrected chi connectivity index (χ0v) is 13.5. The van der Waals surface area contributed by atoms with E-state index in [1.54, 1.807) is 5.56 Å². The monoisotopic (exact) mass is 292 g/mol. The summed E-state index contributed by atoms with van der Waals surface area (Å²) >= 11 is 0. The van der Waals surface area contributed by atoms with Gasteiger partial charge in [0.2, 0.25) is 0 Å². The Morgan fingerprint density at radius 1 is 1.14 bits per heavy atom. The van der Waals surface area contributed by atoms with Crippen LogP contribution in [0, 0.1) is 10.8 Å². The number of aromatic amines is 1. The first-order valence-electron chi connectivity index (χ1n) is 8.61. The fourth-order valence-electron chi connectivity index (χ4n) is 5.47. The second kappa shape index (κ2) is 4.05. The molecule has 2 nitrogen and oxygen atoms in total. The third kappa shape index (κ3) is 1.40. The summed E-state index contributed by atoms with van der Waals surface area (Å²) < 4.78 is 0. The highest BCUT2D eigenvalue weighted by molar-refractivity contribution is 5.85. The maximum atomic E-state index is 3.80. The minimum absolute atomic E-state index is 0.345. The molecule has 2 aliphatic heterocycles. The van der Waals surface area contributed by atoms with Crippen LogP contribution in [0.5, 0.6) is 0 Å². The molecule has 0 unspecified atom stereocenters. The summed E-state index contributed by atoms with van der Waals surface area (Å²) in [5.41, 5.74) is 5.16. The molecule has 1 aromatic carbocycles. The van der Waals surface area contributed by atoms with Crippen LogP contribution in [0.1, 0.15) is 44.0 Å². The summed E-state index contributed by atoms with van der Waals surface area (Å²) in [6.07, 6.45) is 8.45. The van der Waals surface area contributed by atoms with E-state index in [0.717, 1.165) is 0 Å². The van der Waals surface area contributed by atoms with Crippen molar-refractivity contribution >= 4 is 10.9 Å². The first-order valence-corrected chi connectivity index (χ1v) is 8.61. The number of allylic oxidation sites excluding steroid dienone is 2. The minimum Gasteiger partial charge on any atom is -0.357 e. The Hall–Kier alpha value is -1.54. The molecule has 2 heteroatoms. The Bertz CT molecular complexity index is 786. The van der Waals surface area contributed by atoms with Crippen LogP contribution in [0.3, 0.4) is 0 Å². The molecule has 1 fully saturated rings.